The topological polar surface area (TPSA) is 55.9 Å². The Morgan fingerprint density at radius 3 is 2.19 bits per heavy atom. The van der Waals surface area contributed by atoms with E-state index in [1.807, 2.05) is 0 Å². The Balaban J connectivity index is 0.000000817. The van der Waals surface area contributed by atoms with Crippen molar-refractivity contribution in [2.24, 2.45) is 11.3 Å². The van der Waals surface area contributed by atoms with Crippen LogP contribution in [0, 0.1) is 11.3 Å². The van der Waals surface area contributed by atoms with Gasteiger partial charge >= 0.3 is 0 Å². The van der Waals surface area contributed by atoms with Crippen LogP contribution in [0.2, 0.25) is 0 Å². The van der Waals surface area contributed by atoms with Gasteiger partial charge in [0.1, 0.15) is 0 Å². The first kappa shape index (κ1) is 22.2. The van der Waals surface area contributed by atoms with Crippen LogP contribution in [-0.4, -0.2) is 85.9 Å². The molecule has 2 saturated heterocycles. The second kappa shape index (κ2) is 11.0. The maximum absolute atomic E-state index is 12.5. The van der Waals surface area contributed by atoms with Crippen LogP contribution in [0.4, 0.5) is 0 Å². The third kappa shape index (κ3) is 6.46. The molecule has 1 spiro atoms. The highest BCUT2D eigenvalue weighted by atomic mass is 16.2. The summed E-state index contributed by atoms with van der Waals surface area (Å²) in [5, 5.41) is 2.81. The van der Waals surface area contributed by atoms with Gasteiger partial charge in [0.15, 0.2) is 0 Å². The molecule has 27 heavy (non-hydrogen) atoms. The Hall–Kier alpha value is -1.14. The van der Waals surface area contributed by atoms with Crippen LogP contribution in [0.15, 0.2) is 0 Å². The summed E-state index contributed by atoms with van der Waals surface area (Å²) in [6.07, 6.45) is 6.15. The molecule has 1 unspecified atom stereocenters. The lowest BCUT2D eigenvalue weighted by Gasteiger charge is -2.35. The molecule has 2 amide bonds. The van der Waals surface area contributed by atoms with Crippen LogP contribution in [0.3, 0.4) is 0 Å². The lowest BCUT2D eigenvalue weighted by Crippen LogP contribution is -2.47. The average molecular weight is 381 g/mol. The predicted octanol–water partition coefficient (Wildman–Crippen LogP) is 1.81. The summed E-state index contributed by atoms with van der Waals surface area (Å²) in [7, 11) is 0. The molecule has 0 aromatic rings. The molecular formula is C21H40N4O2. The largest absolute Gasteiger partial charge is 0.358 e. The molecule has 0 aromatic carbocycles. The number of piperazine rings is 1. The van der Waals surface area contributed by atoms with E-state index in [1.54, 1.807) is 0 Å². The summed E-state index contributed by atoms with van der Waals surface area (Å²) in [4.78, 5) is 29.9. The lowest BCUT2D eigenvalue weighted by atomic mass is 9.90. The monoisotopic (exact) mass is 380 g/mol. The molecule has 3 fully saturated rings. The number of likely N-dealkylation sites (tertiary alicyclic amines) is 1. The van der Waals surface area contributed by atoms with E-state index in [0.29, 0.717) is 23.7 Å². The Kier molecular flexibility index (Phi) is 9.03. The normalized spacial score (nSPS) is 24.9. The van der Waals surface area contributed by atoms with Crippen LogP contribution in [0.5, 0.6) is 0 Å². The van der Waals surface area contributed by atoms with Crippen LogP contribution in [-0.2, 0) is 9.59 Å². The summed E-state index contributed by atoms with van der Waals surface area (Å²) in [5.41, 5.74) is 0.420. The van der Waals surface area contributed by atoms with Gasteiger partial charge in [0.25, 0.3) is 0 Å². The zero-order valence-corrected chi connectivity index (χ0v) is 17.7. The van der Waals surface area contributed by atoms with Crippen molar-refractivity contribution >= 4 is 12.3 Å². The Bertz CT molecular complexity index is 455. The molecule has 6 heteroatoms. The second-order valence-electron chi connectivity index (χ2n) is 8.40. The number of carbonyl (C=O) groups is 2. The van der Waals surface area contributed by atoms with E-state index in [0.717, 1.165) is 78.2 Å². The van der Waals surface area contributed by atoms with Gasteiger partial charge in [-0.2, -0.15) is 0 Å². The van der Waals surface area contributed by atoms with Gasteiger partial charge in [-0.05, 0) is 37.1 Å². The first-order valence-electron chi connectivity index (χ1n) is 11.0. The van der Waals surface area contributed by atoms with Crippen molar-refractivity contribution in [1.29, 1.82) is 0 Å². The first-order valence-corrected chi connectivity index (χ1v) is 11.0. The fraction of sp³-hybridized carbons (Fsp3) is 0.905. The SMILES string of the molecule is CCC.CCN1CCN(CCC(=O)N2CCC3(CC2)CC3CNC=O)CC1. The maximum atomic E-state index is 12.5. The number of hydrogen-bond donors (Lipinski definition) is 1. The van der Waals surface area contributed by atoms with E-state index >= 15 is 0 Å². The molecule has 0 aromatic heterocycles. The van der Waals surface area contributed by atoms with Crippen LogP contribution in [0.25, 0.3) is 0 Å². The van der Waals surface area contributed by atoms with Crippen molar-refractivity contribution < 1.29 is 9.59 Å². The van der Waals surface area contributed by atoms with Crippen molar-refractivity contribution in [3.63, 3.8) is 0 Å². The fourth-order valence-corrected chi connectivity index (χ4v) is 4.47. The molecule has 1 saturated carbocycles. The van der Waals surface area contributed by atoms with Gasteiger partial charge < -0.3 is 20.0 Å². The van der Waals surface area contributed by atoms with Crippen LogP contribution in [0.1, 0.15) is 52.9 Å². The lowest BCUT2D eigenvalue weighted by molar-refractivity contribution is -0.133. The Labute approximate surface area is 165 Å². The van der Waals surface area contributed by atoms with Crippen LogP contribution < -0.4 is 5.32 Å². The molecule has 0 bridgehead atoms. The highest BCUT2D eigenvalue weighted by molar-refractivity contribution is 5.76. The smallest absolute Gasteiger partial charge is 0.223 e. The minimum Gasteiger partial charge on any atom is -0.358 e. The van der Waals surface area contributed by atoms with Crippen molar-refractivity contribution in [1.82, 2.24) is 20.0 Å². The van der Waals surface area contributed by atoms with Crippen molar-refractivity contribution in [2.45, 2.75) is 52.9 Å². The molecule has 0 radical (unpaired) electrons. The molecule has 3 rings (SSSR count). The van der Waals surface area contributed by atoms with Gasteiger partial charge in [-0.1, -0.05) is 27.2 Å². The van der Waals surface area contributed by atoms with Gasteiger partial charge in [-0.25, -0.2) is 0 Å². The van der Waals surface area contributed by atoms with Gasteiger partial charge in [-0.15, -0.1) is 0 Å². The fourth-order valence-electron chi connectivity index (χ4n) is 4.47. The molecule has 1 N–H and O–H groups in total. The van der Waals surface area contributed by atoms with E-state index in [4.69, 9.17) is 0 Å². The third-order valence-electron chi connectivity index (χ3n) is 6.47. The van der Waals surface area contributed by atoms with E-state index in [1.165, 1.54) is 12.8 Å². The number of nitrogens with zero attached hydrogens (tertiary/aromatic N) is 3. The number of nitrogens with one attached hydrogen (secondary N) is 1. The second-order valence-corrected chi connectivity index (χ2v) is 8.40. The molecule has 156 valence electrons. The van der Waals surface area contributed by atoms with Crippen molar-refractivity contribution in [2.75, 3.05) is 58.9 Å². The molecule has 1 atom stereocenters. The predicted molar refractivity (Wildman–Crippen MR) is 110 cm³/mol. The van der Waals surface area contributed by atoms with E-state index in [9.17, 15) is 9.59 Å². The van der Waals surface area contributed by atoms with Crippen molar-refractivity contribution in [3.05, 3.63) is 0 Å². The average Bonchev–Trinajstić information content (AvgIpc) is 3.37. The van der Waals surface area contributed by atoms with E-state index in [-0.39, 0.29) is 0 Å². The van der Waals surface area contributed by atoms with Gasteiger partial charge in [0, 0.05) is 58.8 Å². The molecule has 1 aliphatic carbocycles. The molecule has 6 nitrogen and oxygen atoms in total. The molecule has 3 aliphatic rings. The van der Waals surface area contributed by atoms with Gasteiger partial charge in [-0.3, -0.25) is 9.59 Å². The standard InChI is InChI=1S/C18H32N4O2.C3H8/c1-2-20-9-11-21(12-10-20)6-3-17(24)22-7-4-18(5-8-22)13-16(18)14-19-15-23;1-3-2/h15-16H,2-14H2,1H3,(H,19,23);3H2,1-2H3. The molecular weight excluding hydrogens is 340 g/mol. The Morgan fingerprint density at radius 1 is 1.04 bits per heavy atom. The van der Waals surface area contributed by atoms with E-state index in [2.05, 4.69) is 40.8 Å². The van der Waals surface area contributed by atoms with E-state index < -0.39 is 0 Å². The summed E-state index contributed by atoms with van der Waals surface area (Å²) in [6, 6.07) is 0. The van der Waals surface area contributed by atoms with Crippen molar-refractivity contribution in [3.8, 4) is 0 Å². The summed E-state index contributed by atoms with van der Waals surface area (Å²) >= 11 is 0. The quantitative estimate of drug-likeness (QED) is 0.685. The zero-order chi connectivity index (χ0) is 19.7. The Morgan fingerprint density at radius 2 is 1.63 bits per heavy atom. The summed E-state index contributed by atoms with van der Waals surface area (Å²) < 4.78 is 0. The number of likely N-dealkylation sites (N-methyl/N-ethyl adjacent to an activating group) is 1. The maximum Gasteiger partial charge on any atom is 0.223 e. The van der Waals surface area contributed by atoms with Gasteiger partial charge in [0.05, 0.1) is 0 Å². The summed E-state index contributed by atoms with van der Waals surface area (Å²) in [6.45, 7) is 15.6. The third-order valence-corrected chi connectivity index (χ3v) is 6.47. The number of piperidine rings is 1. The minimum atomic E-state index is 0.325. The van der Waals surface area contributed by atoms with Crippen LogP contribution >= 0.6 is 0 Å². The highest BCUT2D eigenvalue weighted by Gasteiger charge is 2.54. The number of rotatable bonds is 7. The molecule has 2 aliphatic heterocycles. The van der Waals surface area contributed by atoms with Gasteiger partial charge in [0.2, 0.25) is 12.3 Å². The summed E-state index contributed by atoms with van der Waals surface area (Å²) in [5.74, 6) is 0.959. The minimum absolute atomic E-state index is 0.325. The highest BCUT2D eigenvalue weighted by Crippen LogP contribution is 2.58. The number of carbonyl (C=O) groups excluding carboxylic acids is 2. The first-order chi connectivity index (χ1) is 13.1. The number of amides is 2. The number of hydrogen-bond acceptors (Lipinski definition) is 4. The zero-order valence-electron chi connectivity index (χ0n) is 17.7. The molecule has 2 heterocycles.